The second-order valence-corrected chi connectivity index (χ2v) is 6.65. The number of rotatable bonds is 8. The number of esters is 2. The molecule has 0 radical (unpaired) electrons. The third kappa shape index (κ3) is 5.44. The zero-order chi connectivity index (χ0) is 20.7. The normalized spacial score (nSPS) is 16.5. The molecular weight excluding hydrogens is 394 g/mol. The SMILES string of the molecule is CCOC(=O)C1=C(COC(=O)c2ccccc2SC(F)F)NC(=O)N[C@H]1CC. The Balaban J connectivity index is 2.23. The van der Waals surface area contributed by atoms with Gasteiger partial charge in [-0.25, -0.2) is 14.4 Å². The maximum absolute atomic E-state index is 12.7. The highest BCUT2D eigenvalue weighted by Crippen LogP contribution is 2.29. The summed E-state index contributed by atoms with van der Waals surface area (Å²) >= 11 is 0.231. The van der Waals surface area contributed by atoms with Crippen LogP contribution in [0.3, 0.4) is 0 Å². The van der Waals surface area contributed by atoms with Crippen molar-refractivity contribution in [2.75, 3.05) is 13.2 Å². The molecule has 2 rings (SSSR count). The van der Waals surface area contributed by atoms with Crippen molar-refractivity contribution in [2.45, 2.75) is 37.0 Å². The van der Waals surface area contributed by atoms with Crippen LogP contribution >= 0.6 is 11.8 Å². The van der Waals surface area contributed by atoms with Crippen LogP contribution in [0.2, 0.25) is 0 Å². The summed E-state index contributed by atoms with van der Waals surface area (Å²) in [6.07, 6.45) is 0.423. The molecule has 0 fully saturated rings. The highest BCUT2D eigenvalue weighted by molar-refractivity contribution is 7.99. The smallest absolute Gasteiger partial charge is 0.339 e. The second kappa shape index (κ2) is 10.1. The van der Waals surface area contributed by atoms with Crippen LogP contribution in [-0.4, -0.2) is 43.0 Å². The third-order valence-corrected chi connectivity index (χ3v) is 4.61. The highest BCUT2D eigenvalue weighted by Gasteiger charge is 2.32. The molecular formula is C18H20F2N2O5S. The lowest BCUT2D eigenvalue weighted by Crippen LogP contribution is -2.51. The molecule has 28 heavy (non-hydrogen) atoms. The molecule has 1 heterocycles. The van der Waals surface area contributed by atoms with E-state index in [0.29, 0.717) is 6.42 Å². The fourth-order valence-corrected chi connectivity index (χ4v) is 3.25. The number of alkyl halides is 2. The summed E-state index contributed by atoms with van der Waals surface area (Å²) in [4.78, 5) is 36.5. The first-order valence-corrected chi connectivity index (χ1v) is 9.43. The third-order valence-electron chi connectivity index (χ3n) is 3.82. The molecule has 10 heteroatoms. The van der Waals surface area contributed by atoms with Crippen molar-refractivity contribution in [2.24, 2.45) is 0 Å². The van der Waals surface area contributed by atoms with Gasteiger partial charge in [0.15, 0.2) is 0 Å². The molecule has 0 saturated carbocycles. The molecule has 0 unspecified atom stereocenters. The minimum absolute atomic E-state index is 0.0293. The van der Waals surface area contributed by atoms with Crippen LogP contribution < -0.4 is 10.6 Å². The molecule has 1 aliphatic heterocycles. The van der Waals surface area contributed by atoms with Crippen LogP contribution in [0.25, 0.3) is 0 Å². The summed E-state index contributed by atoms with van der Waals surface area (Å²) in [6.45, 7) is 3.14. The van der Waals surface area contributed by atoms with Gasteiger partial charge in [-0.3, -0.25) is 0 Å². The number of benzene rings is 1. The minimum Gasteiger partial charge on any atom is -0.463 e. The predicted molar refractivity (Wildman–Crippen MR) is 98.0 cm³/mol. The molecule has 0 bridgehead atoms. The maximum Gasteiger partial charge on any atom is 0.339 e. The lowest BCUT2D eigenvalue weighted by Gasteiger charge is -2.28. The Kier molecular flexibility index (Phi) is 7.80. The first-order chi connectivity index (χ1) is 13.4. The van der Waals surface area contributed by atoms with Gasteiger partial charge >= 0.3 is 18.0 Å². The number of amides is 2. The summed E-state index contributed by atoms with van der Waals surface area (Å²) < 4.78 is 35.6. The van der Waals surface area contributed by atoms with Crippen molar-refractivity contribution in [3.63, 3.8) is 0 Å². The van der Waals surface area contributed by atoms with Gasteiger partial charge in [0.25, 0.3) is 5.76 Å². The largest absolute Gasteiger partial charge is 0.463 e. The minimum atomic E-state index is -2.69. The quantitative estimate of drug-likeness (QED) is 0.502. The lowest BCUT2D eigenvalue weighted by molar-refractivity contribution is -0.139. The van der Waals surface area contributed by atoms with Gasteiger partial charge < -0.3 is 20.1 Å². The standard InChI is InChI=1S/C18H20F2N2O5S/c1-3-11-14(16(24)26-4-2)12(22-18(25)21-11)9-27-15(23)10-7-5-6-8-13(10)28-17(19)20/h5-8,11,17H,3-4,9H2,1-2H3,(H2,21,22,25)/t11-/m0/s1. The van der Waals surface area contributed by atoms with E-state index in [-0.39, 0.29) is 40.1 Å². The molecule has 1 aromatic carbocycles. The van der Waals surface area contributed by atoms with Gasteiger partial charge in [-0.2, -0.15) is 8.78 Å². The Morgan fingerprint density at radius 3 is 2.54 bits per heavy atom. The first kappa shape index (κ1) is 21.7. The fourth-order valence-electron chi connectivity index (χ4n) is 2.63. The van der Waals surface area contributed by atoms with Crippen molar-refractivity contribution in [3.8, 4) is 0 Å². The number of hydrogen-bond donors (Lipinski definition) is 2. The Morgan fingerprint density at radius 1 is 1.18 bits per heavy atom. The molecule has 1 atom stereocenters. The molecule has 1 aliphatic rings. The second-order valence-electron chi connectivity index (χ2n) is 5.62. The Bertz CT molecular complexity index is 785. The molecule has 0 aromatic heterocycles. The number of urea groups is 1. The van der Waals surface area contributed by atoms with Crippen molar-refractivity contribution in [1.82, 2.24) is 10.6 Å². The molecule has 7 nitrogen and oxygen atoms in total. The van der Waals surface area contributed by atoms with Gasteiger partial charge in [0, 0.05) is 4.90 Å². The van der Waals surface area contributed by atoms with Gasteiger partial charge in [0.2, 0.25) is 0 Å². The van der Waals surface area contributed by atoms with Crippen molar-refractivity contribution in [3.05, 3.63) is 41.1 Å². The Labute approximate surface area is 164 Å². The molecule has 2 N–H and O–H groups in total. The summed E-state index contributed by atoms with van der Waals surface area (Å²) in [7, 11) is 0. The fraction of sp³-hybridized carbons (Fsp3) is 0.389. The molecule has 0 saturated heterocycles. The van der Waals surface area contributed by atoms with Crippen molar-refractivity contribution < 1.29 is 32.6 Å². The van der Waals surface area contributed by atoms with E-state index in [2.05, 4.69) is 10.6 Å². The van der Waals surface area contributed by atoms with E-state index in [9.17, 15) is 23.2 Å². The van der Waals surface area contributed by atoms with Crippen LogP contribution in [0.5, 0.6) is 0 Å². The van der Waals surface area contributed by atoms with E-state index in [1.54, 1.807) is 13.8 Å². The van der Waals surface area contributed by atoms with Crippen molar-refractivity contribution in [1.29, 1.82) is 0 Å². The lowest BCUT2D eigenvalue weighted by atomic mass is 10.0. The van der Waals surface area contributed by atoms with E-state index < -0.39 is 36.4 Å². The number of ether oxygens (including phenoxy) is 2. The van der Waals surface area contributed by atoms with E-state index in [1.165, 1.54) is 24.3 Å². The van der Waals surface area contributed by atoms with Gasteiger partial charge in [0.1, 0.15) is 6.61 Å². The van der Waals surface area contributed by atoms with Crippen LogP contribution in [0.1, 0.15) is 30.6 Å². The molecule has 152 valence electrons. The van der Waals surface area contributed by atoms with E-state index in [1.807, 2.05) is 0 Å². The zero-order valence-electron chi connectivity index (χ0n) is 15.3. The Hall–Kier alpha value is -2.62. The van der Waals surface area contributed by atoms with E-state index >= 15 is 0 Å². The highest BCUT2D eigenvalue weighted by atomic mass is 32.2. The Morgan fingerprint density at radius 2 is 1.89 bits per heavy atom. The van der Waals surface area contributed by atoms with Crippen molar-refractivity contribution >= 4 is 29.7 Å². The summed E-state index contributed by atoms with van der Waals surface area (Å²) in [5.41, 5.74) is 0.228. The zero-order valence-corrected chi connectivity index (χ0v) is 16.1. The average Bonchev–Trinajstić information content (AvgIpc) is 2.65. The first-order valence-electron chi connectivity index (χ1n) is 8.55. The molecule has 1 aromatic rings. The van der Waals surface area contributed by atoms with Crippen LogP contribution in [0.15, 0.2) is 40.4 Å². The monoisotopic (exact) mass is 414 g/mol. The number of carbonyl (C=O) groups excluding carboxylic acids is 3. The number of nitrogens with one attached hydrogen (secondary N) is 2. The number of hydrogen-bond acceptors (Lipinski definition) is 6. The van der Waals surface area contributed by atoms with Crippen LogP contribution in [0, 0.1) is 0 Å². The number of halogens is 2. The maximum atomic E-state index is 12.7. The van der Waals surface area contributed by atoms with Gasteiger partial charge in [-0.15, -0.1) is 0 Å². The topological polar surface area (TPSA) is 93.7 Å². The number of thioether (sulfide) groups is 1. The van der Waals surface area contributed by atoms with Crippen LogP contribution in [-0.2, 0) is 14.3 Å². The average molecular weight is 414 g/mol. The molecule has 0 aliphatic carbocycles. The van der Waals surface area contributed by atoms with Gasteiger partial charge in [-0.05, 0) is 25.5 Å². The van der Waals surface area contributed by atoms with E-state index in [4.69, 9.17) is 9.47 Å². The van der Waals surface area contributed by atoms with Crippen LogP contribution in [0.4, 0.5) is 13.6 Å². The predicted octanol–water partition coefficient (Wildman–Crippen LogP) is 3.07. The summed E-state index contributed by atoms with van der Waals surface area (Å²) in [5, 5.41) is 5.05. The van der Waals surface area contributed by atoms with Gasteiger partial charge in [0.05, 0.1) is 29.5 Å². The molecule has 2 amide bonds. The summed E-state index contributed by atoms with van der Waals surface area (Å²) in [6, 6.07) is 4.67. The van der Waals surface area contributed by atoms with Gasteiger partial charge in [-0.1, -0.05) is 30.8 Å². The van der Waals surface area contributed by atoms with E-state index in [0.717, 1.165) is 0 Å². The molecule has 0 spiro atoms. The number of carbonyl (C=O) groups is 3. The summed E-state index contributed by atoms with van der Waals surface area (Å²) in [5.74, 6) is -4.18.